The Bertz CT molecular complexity index is 707. The Morgan fingerprint density at radius 3 is 2.79 bits per heavy atom. The second-order valence-corrected chi connectivity index (χ2v) is 7.54. The predicted molar refractivity (Wildman–Crippen MR) is 82.8 cm³/mol. The molecular weight excluding hydrogens is 318 g/mol. The van der Waals surface area contributed by atoms with Crippen LogP contribution in [0.15, 0.2) is 25.2 Å². The summed E-state index contributed by atoms with van der Waals surface area (Å²) in [6.07, 6.45) is 2.00. The summed E-state index contributed by atoms with van der Waals surface area (Å²) >= 11 is 6.32. The number of aromatic nitrogens is 4. The lowest BCUT2D eigenvalue weighted by molar-refractivity contribution is 0.954. The van der Waals surface area contributed by atoms with Crippen molar-refractivity contribution in [1.82, 2.24) is 20.2 Å². The molecule has 0 aliphatic heterocycles. The third-order valence-electron chi connectivity index (χ3n) is 2.26. The van der Waals surface area contributed by atoms with Crippen LogP contribution in [0.2, 0.25) is 0 Å². The van der Waals surface area contributed by atoms with Gasteiger partial charge in [0.1, 0.15) is 9.86 Å². The first-order valence-electron chi connectivity index (χ1n) is 5.28. The maximum atomic E-state index is 4.50. The molecule has 0 aliphatic carbocycles. The highest BCUT2D eigenvalue weighted by atomic mass is 32.2. The monoisotopic (exact) mass is 327 g/mol. The number of hydrogen-bond acceptors (Lipinski definition) is 9. The molecule has 0 aromatic carbocycles. The highest BCUT2D eigenvalue weighted by Gasteiger charge is 2.12. The number of fused-ring (bicyclic) bond motifs is 1. The molecular formula is C10H9N5S4. The number of anilines is 1. The van der Waals surface area contributed by atoms with Crippen LogP contribution < -0.4 is 5.32 Å². The minimum Gasteiger partial charge on any atom is -0.357 e. The lowest BCUT2D eigenvalue weighted by Crippen LogP contribution is -1.96. The molecule has 0 aliphatic rings. The molecule has 3 heterocycles. The number of thiophene rings is 1. The lowest BCUT2D eigenvalue weighted by atomic mass is 10.4. The smallest absolute Gasteiger partial charge is 0.224 e. The third-order valence-corrected chi connectivity index (χ3v) is 6.02. The fourth-order valence-electron chi connectivity index (χ4n) is 1.42. The van der Waals surface area contributed by atoms with E-state index in [2.05, 4.69) is 25.5 Å². The topological polar surface area (TPSA) is 63.6 Å². The summed E-state index contributed by atoms with van der Waals surface area (Å²) in [5.74, 6) is 0.632. The molecule has 0 bridgehead atoms. The van der Waals surface area contributed by atoms with Crippen molar-refractivity contribution in [2.75, 3.05) is 18.6 Å². The van der Waals surface area contributed by atoms with E-state index in [1.165, 1.54) is 11.8 Å². The van der Waals surface area contributed by atoms with Crippen LogP contribution in [0.5, 0.6) is 0 Å². The number of nitrogens with one attached hydrogen (secondary N) is 1. The molecule has 1 N–H and O–H groups in total. The van der Waals surface area contributed by atoms with Gasteiger partial charge in [0.25, 0.3) is 0 Å². The molecule has 0 spiro atoms. The average Bonchev–Trinajstić information content (AvgIpc) is 3.06. The van der Waals surface area contributed by atoms with Crippen LogP contribution in [0.4, 0.5) is 5.95 Å². The summed E-state index contributed by atoms with van der Waals surface area (Å²) in [6, 6.07) is 2.04. The predicted octanol–water partition coefficient (Wildman–Crippen LogP) is 3.46. The van der Waals surface area contributed by atoms with Crippen molar-refractivity contribution in [1.29, 1.82) is 0 Å². The van der Waals surface area contributed by atoms with Crippen LogP contribution in [0.3, 0.4) is 0 Å². The largest absolute Gasteiger partial charge is 0.357 e. The number of hydrogen-bond donors (Lipinski definition) is 1. The van der Waals surface area contributed by atoms with Gasteiger partial charge < -0.3 is 5.32 Å². The Labute approximate surface area is 126 Å². The Hall–Kier alpha value is -0.900. The summed E-state index contributed by atoms with van der Waals surface area (Å²) < 4.78 is 1.87. The normalized spacial score (nSPS) is 11.1. The van der Waals surface area contributed by atoms with Gasteiger partial charge in [0.05, 0.1) is 0 Å². The summed E-state index contributed by atoms with van der Waals surface area (Å²) in [4.78, 5) is 9.91. The van der Waals surface area contributed by atoms with Crippen LogP contribution in [0.1, 0.15) is 0 Å². The molecule has 98 valence electrons. The molecule has 0 saturated carbocycles. The van der Waals surface area contributed by atoms with Gasteiger partial charge in [-0.05, 0) is 29.5 Å². The van der Waals surface area contributed by atoms with E-state index in [1.54, 1.807) is 34.4 Å². The highest BCUT2D eigenvalue weighted by molar-refractivity contribution is 8.03. The zero-order valence-corrected chi connectivity index (χ0v) is 13.3. The van der Waals surface area contributed by atoms with E-state index >= 15 is 0 Å². The Morgan fingerprint density at radius 1 is 1.21 bits per heavy atom. The molecule has 19 heavy (non-hydrogen) atoms. The molecule has 3 aromatic heterocycles. The number of nitrogens with zero attached hydrogens (tertiary/aromatic N) is 4. The van der Waals surface area contributed by atoms with E-state index in [9.17, 15) is 0 Å². The minimum absolute atomic E-state index is 0.632. The van der Waals surface area contributed by atoms with E-state index in [0.29, 0.717) is 5.95 Å². The first-order chi connectivity index (χ1) is 9.30. The van der Waals surface area contributed by atoms with E-state index in [1.807, 2.05) is 24.7 Å². The number of thioether (sulfide) groups is 1. The molecule has 5 nitrogen and oxygen atoms in total. The second-order valence-electron chi connectivity index (χ2n) is 3.38. The van der Waals surface area contributed by atoms with Crippen LogP contribution in [0.25, 0.3) is 10.2 Å². The van der Waals surface area contributed by atoms with Gasteiger partial charge >= 0.3 is 0 Å². The van der Waals surface area contributed by atoms with E-state index in [-0.39, 0.29) is 0 Å². The summed E-state index contributed by atoms with van der Waals surface area (Å²) in [7, 11) is 1.82. The van der Waals surface area contributed by atoms with Crippen molar-refractivity contribution >= 4 is 62.4 Å². The van der Waals surface area contributed by atoms with Crippen LogP contribution in [0, 0.1) is 0 Å². The maximum absolute atomic E-state index is 4.50. The molecule has 3 rings (SSSR count). The summed E-state index contributed by atoms with van der Waals surface area (Å²) in [6.45, 7) is 0. The van der Waals surface area contributed by atoms with Gasteiger partial charge in [0, 0.05) is 12.4 Å². The molecule has 0 saturated heterocycles. The van der Waals surface area contributed by atoms with E-state index in [4.69, 9.17) is 0 Å². The second kappa shape index (κ2) is 5.61. The fourth-order valence-corrected chi connectivity index (χ4v) is 4.71. The SMILES string of the molecule is CNc1nc(Sc2nnc(SC)s2)c2ccsc2n1. The minimum atomic E-state index is 0.632. The zero-order chi connectivity index (χ0) is 13.2. The van der Waals surface area contributed by atoms with E-state index < -0.39 is 0 Å². The fraction of sp³-hybridized carbons (Fsp3) is 0.200. The number of rotatable bonds is 4. The lowest BCUT2D eigenvalue weighted by Gasteiger charge is -2.02. The summed E-state index contributed by atoms with van der Waals surface area (Å²) in [5.41, 5.74) is 0. The van der Waals surface area contributed by atoms with Crippen molar-refractivity contribution in [3.63, 3.8) is 0 Å². The van der Waals surface area contributed by atoms with Gasteiger partial charge in [0.2, 0.25) is 5.95 Å². The quantitative estimate of drug-likeness (QED) is 0.581. The van der Waals surface area contributed by atoms with Gasteiger partial charge in [-0.3, -0.25) is 0 Å². The first kappa shape index (κ1) is 13.1. The van der Waals surface area contributed by atoms with Gasteiger partial charge in [-0.1, -0.05) is 23.1 Å². The molecule has 0 atom stereocenters. The molecule has 0 amide bonds. The summed E-state index contributed by atoms with van der Waals surface area (Å²) in [5, 5.41) is 15.2. The van der Waals surface area contributed by atoms with E-state index in [0.717, 1.165) is 23.9 Å². The molecule has 9 heteroatoms. The average molecular weight is 327 g/mol. The standard InChI is InChI=1S/C10H9N5S4/c1-11-8-12-6-5(3-4-17-6)7(13-8)18-10-15-14-9(16-2)19-10/h3-4H,1-2H3,(H,11,12,13). The van der Waals surface area contributed by atoms with Gasteiger partial charge in [-0.15, -0.1) is 21.5 Å². The van der Waals surface area contributed by atoms with Crippen molar-refractivity contribution in [3.05, 3.63) is 11.4 Å². The van der Waals surface area contributed by atoms with Crippen molar-refractivity contribution in [2.24, 2.45) is 0 Å². The van der Waals surface area contributed by atoms with Crippen LogP contribution >= 0.6 is 46.2 Å². The first-order valence-corrected chi connectivity index (χ1v) is 9.02. The highest BCUT2D eigenvalue weighted by Crippen LogP contribution is 2.36. The van der Waals surface area contributed by atoms with Crippen molar-refractivity contribution < 1.29 is 0 Å². The Kier molecular flexibility index (Phi) is 3.87. The molecule has 0 radical (unpaired) electrons. The van der Waals surface area contributed by atoms with Gasteiger partial charge in [0.15, 0.2) is 8.68 Å². The van der Waals surface area contributed by atoms with Crippen molar-refractivity contribution in [3.8, 4) is 0 Å². The molecule has 0 fully saturated rings. The zero-order valence-electron chi connectivity index (χ0n) is 10.1. The molecule has 3 aromatic rings. The Morgan fingerprint density at radius 2 is 2.05 bits per heavy atom. The van der Waals surface area contributed by atoms with Crippen molar-refractivity contribution in [2.45, 2.75) is 13.7 Å². The third kappa shape index (κ3) is 2.69. The Balaban J connectivity index is 2.01. The van der Waals surface area contributed by atoms with Crippen LogP contribution in [-0.4, -0.2) is 33.5 Å². The van der Waals surface area contributed by atoms with Gasteiger partial charge in [-0.2, -0.15) is 0 Å². The van der Waals surface area contributed by atoms with Gasteiger partial charge in [-0.25, -0.2) is 9.97 Å². The molecule has 0 unspecified atom stereocenters. The van der Waals surface area contributed by atoms with Crippen LogP contribution in [-0.2, 0) is 0 Å². The maximum Gasteiger partial charge on any atom is 0.224 e.